The molecule has 0 bridgehead atoms. The zero-order chi connectivity index (χ0) is 16.1. The number of nitrogens with two attached hydrogens (primary N) is 1. The average molecular weight is 296 g/mol. The van der Waals surface area contributed by atoms with Crippen LogP contribution in [0.5, 0.6) is 5.75 Å². The number of nitrogen functional groups attached to an aromatic ring is 1. The predicted octanol–water partition coefficient (Wildman–Crippen LogP) is 2.11. The summed E-state index contributed by atoms with van der Waals surface area (Å²) >= 11 is 0. The summed E-state index contributed by atoms with van der Waals surface area (Å²) in [6.07, 6.45) is -0.722. The largest absolute Gasteiger partial charge is 0.484 e. The number of nitrogens with zero attached hydrogens (tertiary/aromatic N) is 3. The van der Waals surface area contributed by atoms with Crippen LogP contribution < -0.4 is 10.5 Å². The lowest BCUT2D eigenvalue weighted by Crippen LogP contribution is -2.29. The molecular formula is C16H16N4O2. The molecule has 0 spiro atoms. The van der Waals surface area contributed by atoms with Crippen molar-refractivity contribution in [2.75, 3.05) is 5.73 Å². The van der Waals surface area contributed by atoms with E-state index in [9.17, 15) is 5.11 Å². The molecule has 1 aliphatic rings. The van der Waals surface area contributed by atoms with Crippen molar-refractivity contribution in [2.24, 2.45) is 0 Å². The third kappa shape index (κ3) is 1.98. The SMILES string of the molecule is Cc1nc(N)c(C#N)nc1-c1cccc2c1OC(C)(C)C2O. The van der Waals surface area contributed by atoms with Gasteiger partial charge in [-0.15, -0.1) is 0 Å². The minimum absolute atomic E-state index is 0.0796. The van der Waals surface area contributed by atoms with E-state index in [4.69, 9.17) is 15.7 Å². The number of anilines is 1. The van der Waals surface area contributed by atoms with Crippen LogP contribution in [0.4, 0.5) is 5.82 Å². The van der Waals surface area contributed by atoms with Gasteiger partial charge in [-0.3, -0.25) is 0 Å². The van der Waals surface area contributed by atoms with Gasteiger partial charge in [0.05, 0.1) is 11.4 Å². The fraction of sp³-hybridized carbons (Fsp3) is 0.312. The summed E-state index contributed by atoms with van der Waals surface area (Å²) in [6.45, 7) is 5.42. The van der Waals surface area contributed by atoms with Crippen molar-refractivity contribution in [3.8, 4) is 23.1 Å². The standard InChI is InChI=1S/C16H16N4O2/c1-8-12(20-11(7-17)15(18)19-8)9-5-4-6-10-13(9)22-16(2,3)14(10)21/h4-6,14,21H,1-3H3,(H2,18,19). The Hall–Kier alpha value is -2.65. The molecule has 2 heterocycles. The number of aromatic nitrogens is 2. The van der Waals surface area contributed by atoms with Gasteiger partial charge in [0.25, 0.3) is 0 Å². The second kappa shape index (κ2) is 4.68. The van der Waals surface area contributed by atoms with E-state index in [1.807, 2.05) is 38.1 Å². The molecule has 1 aromatic heterocycles. The summed E-state index contributed by atoms with van der Waals surface area (Å²) in [7, 11) is 0. The summed E-state index contributed by atoms with van der Waals surface area (Å²) in [6, 6.07) is 7.42. The molecule has 0 amide bonds. The summed E-state index contributed by atoms with van der Waals surface area (Å²) in [5.74, 6) is 0.684. The van der Waals surface area contributed by atoms with E-state index in [2.05, 4.69) is 9.97 Å². The highest BCUT2D eigenvalue weighted by Gasteiger charge is 2.41. The highest BCUT2D eigenvalue weighted by Crippen LogP contribution is 2.47. The molecule has 1 aliphatic heterocycles. The monoisotopic (exact) mass is 296 g/mol. The van der Waals surface area contributed by atoms with Gasteiger partial charge in [-0.1, -0.05) is 12.1 Å². The Bertz CT molecular complexity index is 809. The lowest BCUT2D eigenvalue weighted by Gasteiger charge is -2.22. The molecule has 0 aliphatic carbocycles. The number of ether oxygens (including phenoxy) is 1. The Balaban J connectivity index is 2.23. The molecule has 22 heavy (non-hydrogen) atoms. The van der Waals surface area contributed by atoms with Crippen LogP contribution in [0.15, 0.2) is 18.2 Å². The van der Waals surface area contributed by atoms with E-state index in [1.54, 1.807) is 6.92 Å². The topological polar surface area (TPSA) is 105 Å². The minimum atomic E-state index is -0.722. The van der Waals surface area contributed by atoms with Crippen LogP contribution in [0, 0.1) is 18.3 Å². The molecule has 3 rings (SSSR count). The first-order valence-corrected chi connectivity index (χ1v) is 6.89. The van der Waals surface area contributed by atoms with Gasteiger partial charge in [0.15, 0.2) is 11.5 Å². The van der Waals surface area contributed by atoms with E-state index in [0.717, 1.165) is 0 Å². The number of para-hydroxylation sites is 1. The maximum Gasteiger partial charge on any atom is 0.183 e. The van der Waals surface area contributed by atoms with E-state index in [-0.39, 0.29) is 11.5 Å². The van der Waals surface area contributed by atoms with Crippen molar-refractivity contribution in [1.82, 2.24) is 9.97 Å². The summed E-state index contributed by atoms with van der Waals surface area (Å²) in [5, 5.41) is 19.5. The average Bonchev–Trinajstić information content (AvgIpc) is 2.70. The number of aliphatic hydroxyl groups is 1. The molecule has 0 fully saturated rings. The van der Waals surface area contributed by atoms with Crippen molar-refractivity contribution in [3.05, 3.63) is 35.2 Å². The van der Waals surface area contributed by atoms with Gasteiger partial charge in [-0.05, 0) is 26.8 Å². The molecule has 0 radical (unpaired) electrons. The zero-order valence-electron chi connectivity index (χ0n) is 12.6. The van der Waals surface area contributed by atoms with Crippen molar-refractivity contribution in [3.63, 3.8) is 0 Å². The van der Waals surface area contributed by atoms with Crippen LogP contribution in [0.1, 0.15) is 36.9 Å². The molecule has 6 nitrogen and oxygen atoms in total. The normalized spacial score (nSPS) is 18.4. The van der Waals surface area contributed by atoms with Crippen LogP contribution in [-0.4, -0.2) is 20.7 Å². The molecule has 112 valence electrons. The molecule has 1 aromatic carbocycles. The molecule has 1 unspecified atom stereocenters. The summed E-state index contributed by atoms with van der Waals surface area (Å²) in [5.41, 5.74) is 7.60. The molecular weight excluding hydrogens is 280 g/mol. The number of hydrogen-bond acceptors (Lipinski definition) is 6. The maximum atomic E-state index is 10.4. The van der Waals surface area contributed by atoms with Gasteiger partial charge in [0, 0.05) is 11.1 Å². The molecule has 1 atom stereocenters. The maximum absolute atomic E-state index is 10.4. The predicted molar refractivity (Wildman–Crippen MR) is 81.0 cm³/mol. The quantitative estimate of drug-likeness (QED) is 0.835. The third-order valence-corrected chi connectivity index (χ3v) is 3.82. The van der Waals surface area contributed by atoms with Crippen molar-refractivity contribution >= 4 is 5.82 Å². The Kier molecular flexibility index (Phi) is 3.04. The molecule has 0 saturated heterocycles. The third-order valence-electron chi connectivity index (χ3n) is 3.82. The second-order valence-corrected chi connectivity index (χ2v) is 5.84. The van der Waals surface area contributed by atoms with Crippen molar-refractivity contribution in [2.45, 2.75) is 32.5 Å². The van der Waals surface area contributed by atoms with Crippen molar-refractivity contribution < 1.29 is 9.84 Å². The molecule has 6 heteroatoms. The van der Waals surface area contributed by atoms with Gasteiger partial charge in [0.2, 0.25) is 0 Å². The highest BCUT2D eigenvalue weighted by atomic mass is 16.5. The van der Waals surface area contributed by atoms with Crippen LogP contribution in [0.3, 0.4) is 0 Å². The number of aliphatic hydroxyl groups excluding tert-OH is 1. The first-order chi connectivity index (χ1) is 10.3. The number of hydrogen-bond donors (Lipinski definition) is 2. The van der Waals surface area contributed by atoms with Crippen LogP contribution in [-0.2, 0) is 0 Å². The second-order valence-electron chi connectivity index (χ2n) is 5.84. The molecule has 3 N–H and O–H groups in total. The van der Waals surface area contributed by atoms with Gasteiger partial charge in [0.1, 0.15) is 23.5 Å². The van der Waals surface area contributed by atoms with E-state index >= 15 is 0 Å². The van der Waals surface area contributed by atoms with Gasteiger partial charge < -0.3 is 15.6 Å². The minimum Gasteiger partial charge on any atom is -0.484 e. The number of nitriles is 1. The first kappa shape index (κ1) is 14.3. The van der Waals surface area contributed by atoms with Crippen molar-refractivity contribution in [1.29, 1.82) is 5.26 Å². The Morgan fingerprint density at radius 2 is 2.09 bits per heavy atom. The Labute approximate surface area is 128 Å². The van der Waals surface area contributed by atoms with E-state index < -0.39 is 11.7 Å². The van der Waals surface area contributed by atoms with Gasteiger partial charge in [-0.25, -0.2) is 9.97 Å². The van der Waals surface area contributed by atoms with Gasteiger partial charge in [-0.2, -0.15) is 5.26 Å². The molecule has 0 saturated carbocycles. The highest BCUT2D eigenvalue weighted by molar-refractivity contribution is 5.73. The summed E-state index contributed by atoms with van der Waals surface area (Å²) < 4.78 is 5.92. The van der Waals surface area contributed by atoms with Crippen LogP contribution in [0.2, 0.25) is 0 Å². The van der Waals surface area contributed by atoms with Crippen LogP contribution >= 0.6 is 0 Å². The smallest absolute Gasteiger partial charge is 0.183 e. The summed E-state index contributed by atoms with van der Waals surface area (Å²) in [4.78, 5) is 8.48. The van der Waals surface area contributed by atoms with E-state index in [1.165, 1.54) is 0 Å². The Morgan fingerprint density at radius 3 is 2.77 bits per heavy atom. The lowest BCUT2D eigenvalue weighted by molar-refractivity contribution is 0.000755. The van der Waals surface area contributed by atoms with E-state index in [0.29, 0.717) is 28.3 Å². The first-order valence-electron chi connectivity index (χ1n) is 6.89. The zero-order valence-corrected chi connectivity index (χ0v) is 12.6. The molecule has 2 aromatic rings. The fourth-order valence-electron chi connectivity index (χ4n) is 2.64. The Morgan fingerprint density at radius 1 is 1.36 bits per heavy atom. The fourth-order valence-corrected chi connectivity index (χ4v) is 2.64. The number of benzene rings is 1. The number of rotatable bonds is 1. The van der Waals surface area contributed by atoms with Crippen LogP contribution in [0.25, 0.3) is 11.3 Å². The number of fused-ring (bicyclic) bond motifs is 1. The number of aryl methyl sites for hydroxylation is 1. The van der Waals surface area contributed by atoms with Gasteiger partial charge >= 0.3 is 0 Å². The lowest BCUT2D eigenvalue weighted by atomic mass is 9.96.